The third-order valence-electron chi connectivity index (χ3n) is 9.83. The van der Waals surface area contributed by atoms with E-state index in [4.69, 9.17) is 0 Å². The second-order valence-electron chi connectivity index (χ2n) is 16.3. The van der Waals surface area contributed by atoms with Gasteiger partial charge in [-0.05, 0) is 0 Å². The van der Waals surface area contributed by atoms with Crippen molar-refractivity contribution in [3.63, 3.8) is 0 Å². The van der Waals surface area contributed by atoms with E-state index in [1.165, 1.54) is 44.5 Å². The molecule has 3 aromatic rings. The molecule has 0 radical (unpaired) electrons. The Morgan fingerprint density at radius 2 is 1.36 bits per heavy atom. The van der Waals surface area contributed by atoms with Crippen molar-refractivity contribution in [2.75, 3.05) is 0 Å². The summed E-state index contributed by atoms with van der Waals surface area (Å²) in [7, 11) is 0. The van der Waals surface area contributed by atoms with Crippen LogP contribution in [-0.4, -0.2) is 3.21 Å². The number of aryl methyl sites for hydroxylation is 1. The van der Waals surface area contributed by atoms with E-state index in [9.17, 15) is 0 Å². The number of fused-ring (bicyclic) bond motifs is 3. The molecule has 0 fully saturated rings. The molecule has 240 valence electrons. The summed E-state index contributed by atoms with van der Waals surface area (Å²) in [6, 6.07) is 19.1. The van der Waals surface area contributed by atoms with Gasteiger partial charge in [-0.25, -0.2) is 0 Å². The van der Waals surface area contributed by atoms with Gasteiger partial charge < -0.3 is 24.8 Å². The predicted molar refractivity (Wildman–Crippen MR) is 187 cm³/mol. The molecule has 0 heterocycles. The smallest absolute Gasteiger partial charge is 1.00 e. The Labute approximate surface area is 295 Å². The standard InChI is InChI=1S/C23H29.C10H15.C9H10.2ClH.Zr/c1-14-9-16-11-17-10-15(2)21(23(6,7)8)13-19(17)18(16)12-20(14)22(3,4)5;1-8-5-6-9(7-8)10(2,3)4;1-2-6-9-7-4-3-5-8-9;;;/h9,12-13H,11H2,1-8H3;6-8H,1-4H3;3-5,7-8H,2H2,1H3;2*1H;/q;;;;;+2/p-2. The first-order valence-electron chi connectivity index (χ1n) is 16.5. The zero-order valence-electron chi connectivity index (χ0n) is 30.0. The number of hydrogen-bond acceptors (Lipinski definition) is 0. The minimum Gasteiger partial charge on any atom is -1.00 e. The van der Waals surface area contributed by atoms with Crippen molar-refractivity contribution < 1.29 is 46.1 Å². The van der Waals surface area contributed by atoms with Crippen LogP contribution in [0.5, 0.6) is 0 Å². The molecule has 2 aliphatic carbocycles. The Hall–Kier alpha value is -1.53. The Morgan fingerprint density at radius 3 is 1.87 bits per heavy atom. The van der Waals surface area contributed by atoms with E-state index in [2.05, 4.69) is 151 Å². The summed E-state index contributed by atoms with van der Waals surface area (Å²) >= 11 is -2.65. The monoisotopic (exact) mass is 718 g/mol. The van der Waals surface area contributed by atoms with Crippen molar-refractivity contribution in [1.82, 2.24) is 0 Å². The minimum atomic E-state index is -2.65. The van der Waals surface area contributed by atoms with Crippen LogP contribution in [0.25, 0.3) is 11.1 Å². The predicted octanol–water partition coefficient (Wildman–Crippen LogP) is 4.86. The molecule has 1 unspecified atom stereocenters. The maximum atomic E-state index is 2.66. The van der Waals surface area contributed by atoms with Crippen LogP contribution in [0.2, 0.25) is 0 Å². The third-order valence-corrected chi connectivity index (χ3v) is 18.7. The van der Waals surface area contributed by atoms with Crippen molar-refractivity contribution >= 4 is 6.48 Å². The molecular formula is C42H54Cl2Zr. The van der Waals surface area contributed by atoms with E-state index in [1.807, 2.05) is 0 Å². The molecule has 45 heavy (non-hydrogen) atoms. The minimum absolute atomic E-state index is 0. The zero-order valence-corrected chi connectivity index (χ0v) is 34.0. The number of allylic oxidation sites excluding steroid dienone is 4. The normalized spacial score (nSPS) is 16.2. The first kappa shape index (κ1) is 37.9. The molecule has 0 amide bonds. The Morgan fingerprint density at radius 1 is 0.778 bits per heavy atom. The summed E-state index contributed by atoms with van der Waals surface area (Å²) in [6.45, 7) is 31.2. The molecule has 3 aromatic carbocycles. The van der Waals surface area contributed by atoms with Gasteiger partial charge in [0, 0.05) is 0 Å². The molecule has 0 nitrogen and oxygen atoms in total. The number of hydrogen-bond donors (Lipinski definition) is 0. The van der Waals surface area contributed by atoms with Gasteiger partial charge >= 0.3 is 272 Å². The summed E-state index contributed by atoms with van der Waals surface area (Å²) in [6.07, 6.45) is 7.43. The van der Waals surface area contributed by atoms with Crippen LogP contribution >= 0.6 is 0 Å². The zero-order chi connectivity index (χ0) is 31.6. The Bertz CT molecular complexity index is 1680. The van der Waals surface area contributed by atoms with E-state index < -0.39 is 21.3 Å². The molecule has 0 spiro atoms. The summed E-state index contributed by atoms with van der Waals surface area (Å²) in [5.41, 5.74) is 15.5. The van der Waals surface area contributed by atoms with Gasteiger partial charge in [-0.15, -0.1) is 0 Å². The molecule has 0 aliphatic heterocycles. The number of rotatable bonds is 4. The molecule has 0 N–H and O–H groups in total. The SMILES string of the molecule is CC/[C](c1ccccc1)=[Zr+2](\[C]1=CC(C(C)(C)C)=CC1C)[c]1c(C)c(C(C)(C)C)cc2c1Cc1cc(C)c(C(C)(C)C)cc1-2.[Cl-].[Cl-]. The van der Waals surface area contributed by atoms with Crippen LogP contribution in [0.3, 0.4) is 0 Å². The topological polar surface area (TPSA) is 0 Å². The van der Waals surface area contributed by atoms with Gasteiger partial charge in [0.05, 0.1) is 0 Å². The molecule has 0 saturated carbocycles. The van der Waals surface area contributed by atoms with Crippen LogP contribution in [0.15, 0.2) is 69.5 Å². The average Bonchev–Trinajstić information content (AvgIpc) is 3.46. The van der Waals surface area contributed by atoms with E-state index in [-0.39, 0.29) is 41.1 Å². The van der Waals surface area contributed by atoms with Crippen LogP contribution in [0, 0.1) is 25.2 Å². The van der Waals surface area contributed by atoms with Gasteiger partial charge in [0.2, 0.25) is 0 Å². The molecule has 5 rings (SSSR count). The first-order chi connectivity index (χ1) is 19.9. The molecule has 0 saturated heterocycles. The number of halogens is 2. The second-order valence-corrected chi connectivity index (χ2v) is 22.3. The summed E-state index contributed by atoms with van der Waals surface area (Å²) < 4.78 is 5.26. The largest absolute Gasteiger partial charge is 1.00 e. The van der Waals surface area contributed by atoms with Gasteiger partial charge in [0.1, 0.15) is 0 Å². The van der Waals surface area contributed by atoms with E-state index in [1.54, 1.807) is 20.9 Å². The third kappa shape index (κ3) is 7.17. The Kier molecular flexibility index (Phi) is 11.4. The average molecular weight is 721 g/mol. The van der Waals surface area contributed by atoms with Gasteiger partial charge in [-0.3, -0.25) is 0 Å². The molecule has 2 aliphatic rings. The molecule has 0 aromatic heterocycles. The van der Waals surface area contributed by atoms with Crippen molar-refractivity contribution in [2.24, 2.45) is 11.3 Å². The van der Waals surface area contributed by atoms with Gasteiger partial charge in [0.25, 0.3) is 0 Å². The fourth-order valence-electron chi connectivity index (χ4n) is 7.65. The number of benzene rings is 3. The van der Waals surface area contributed by atoms with Crippen molar-refractivity contribution in [3.05, 3.63) is 108 Å². The van der Waals surface area contributed by atoms with Gasteiger partial charge in [0.15, 0.2) is 0 Å². The van der Waals surface area contributed by atoms with Crippen LogP contribution in [0.4, 0.5) is 0 Å². The maximum absolute atomic E-state index is 2.66. The fraction of sp³-hybridized carbons (Fsp3) is 0.452. The quantitative estimate of drug-likeness (QED) is 0.283. The molecule has 3 heteroatoms. The van der Waals surface area contributed by atoms with E-state index in [0.29, 0.717) is 5.92 Å². The summed E-state index contributed by atoms with van der Waals surface area (Å²) in [4.78, 5) is 0. The van der Waals surface area contributed by atoms with Gasteiger partial charge in [-0.2, -0.15) is 0 Å². The van der Waals surface area contributed by atoms with Crippen LogP contribution < -0.4 is 28.1 Å². The van der Waals surface area contributed by atoms with Crippen LogP contribution in [-0.2, 0) is 38.5 Å². The van der Waals surface area contributed by atoms with E-state index >= 15 is 0 Å². The van der Waals surface area contributed by atoms with Crippen molar-refractivity contribution in [3.8, 4) is 11.1 Å². The molecule has 0 bridgehead atoms. The molecule has 1 atom stereocenters. The van der Waals surface area contributed by atoms with Crippen molar-refractivity contribution in [1.29, 1.82) is 0 Å². The van der Waals surface area contributed by atoms with Crippen molar-refractivity contribution in [2.45, 2.75) is 114 Å². The second kappa shape index (κ2) is 13.5. The van der Waals surface area contributed by atoms with Gasteiger partial charge in [-0.1, -0.05) is 0 Å². The fourth-order valence-corrected chi connectivity index (χ4v) is 16.5. The summed E-state index contributed by atoms with van der Waals surface area (Å²) in [5, 5.41) is 0. The van der Waals surface area contributed by atoms with E-state index in [0.717, 1.165) is 12.8 Å². The first-order valence-corrected chi connectivity index (χ1v) is 20.2. The van der Waals surface area contributed by atoms with Crippen LogP contribution in [0.1, 0.15) is 122 Å². The maximum Gasteiger partial charge on any atom is -1.00 e. The molecular weight excluding hydrogens is 667 g/mol. The Balaban J connectivity index is 0.00000276. The summed E-state index contributed by atoms with van der Waals surface area (Å²) in [5.74, 6) is 0.487.